The Morgan fingerprint density at radius 2 is 1.96 bits per heavy atom. The zero-order valence-electron chi connectivity index (χ0n) is 15.3. The molecule has 0 bridgehead atoms. The molecule has 2 heterocycles. The van der Waals surface area contributed by atoms with Crippen molar-refractivity contribution in [2.75, 3.05) is 24.3 Å². The molecular weight excluding hydrogens is 340 g/mol. The maximum Gasteiger partial charge on any atom is 0.229 e. The molecule has 3 aromatic rings. The zero-order chi connectivity index (χ0) is 19.2. The molecule has 0 aliphatic heterocycles. The molecule has 0 spiro atoms. The van der Waals surface area contributed by atoms with Crippen LogP contribution in [-0.2, 0) is 17.8 Å². The first-order valence-corrected chi connectivity index (χ1v) is 8.48. The second kappa shape index (κ2) is 8.15. The summed E-state index contributed by atoms with van der Waals surface area (Å²) >= 11 is 0. The fraction of sp³-hybridized carbons (Fsp3) is 0.200. The minimum absolute atomic E-state index is 0.116. The molecule has 0 atom stereocenters. The number of benzene rings is 1. The Labute approximate surface area is 157 Å². The van der Waals surface area contributed by atoms with Crippen molar-refractivity contribution >= 4 is 17.4 Å². The van der Waals surface area contributed by atoms with E-state index in [9.17, 15) is 4.79 Å². The number of hydrogen-bond donors (Lipinski definition) is 1. The predicted molar refractivity (Wildman–Crippen MR) is 103 cm³/mol. The molecule has 1 N–H and O–H groups in total. The topological polar surface area (TPSA) is 86.8 Å². The summed E-state index contributed by atoms with van der Waals surface area (Å²) in [5, 5.41) is 15.9. The van der Waals surface area contributed by atoms with Crippen LogP contribution >= 0.6 is 0 Å². The Morgan fingerprint density at radius 3 is 2.59 bits per heavy atom. The zero-order valence-corrected chi connectivity index (χ0v) is 15.3. The van der Waals surface area contributed by atoms with Gasteiger partial charge in [-0.15, -0.1) is 0 Å². The van der Waals surface area contributed by atoms with Gasteiger partial charge < -0.3 is 10.2 Å². The van der Waals surface area contributed by atoms with E-state index in [1.54, 1.807) is 29.1 Å². The highest BCUT2D eigenvalue weighted by atomic mass is 16.1. The Kier molecular flexibility index (Phi) is 5.47. The number of pyridine rings is 1. The van der Waals surface area contributed by atoms with E-state index >= 15 is 0 Å². The molecule has 0 saturated carbocycles. The molecule has 7 nitrogen and oxygen atoms in total. The maximum absolute atomic E-state index is 12.2. The number of rotatable bonds is 6. The number of aromatic nitrogens is 3. The predicted octanol–water partition coefficient (Wildman–Crippen LogP) is 2.45. The van der Waals surface area contributed by atoms with Crippen molar-refractivity contribution in [3.8, 4) is 6.07 Å². The second-order valence-electron chi connectivity index (χ2n) is 6.33. The maximum atomic E-state index is 12.2. The third-order valence-electron chi connectivity index (χ3n) is 4.00. The lowest BCUT2D eigenvalue weighted by Gasteiger charge is -2.12. The molecule has 0 radical (unpaired) electrons. The van der Waals surface area contributed by atoms with E-state index in [2.05, 4.69) is 15.4 Å². The van der Waals surface area contributed by atoms with Gasteiger partial charge in [0.25, 0.3) is 0 Å². The van der Waals surface area contributed by atoms with E-state index in [-0.39, 0.29) is 12.3 Å². The second-order valence-corrected chi connectivity index (χ2v) is 6.33. The van der Waals surface area contributed by atoms with Gasteiger partial charge in [0.1, 0.15) is 6.07 Å². The molecule has 0 fully saturated rings. The molecule has 0 aliphatic carbocycles. The summed E-state index contributed by atoms with van der Waals surface area (Å²) in [4.78, 5) is 18.5. The number of nitrogens with zero attached hydrogens (tertiary/aromatic N) is 5. The minimum atomic E-state index is -0.116. The first-order valence-electron chi connectivity index (χ1n) is 8.48. The van der Waals surface area contributed by atoms with Crippen LogP contribution in [0.3, 0.4) is 0 Å². The Hall–Kier alpha value is -3.66. The molecule has 1 amide bonds. The van der Waals surface area contributed by atoms with Crippen LogP contribution in [0.25, 0.3) is 0 Å². The van der Waals surface area contributed by atoms with Gasteiger partial charge >= 0.3 is 0 Å². The third kappa shape index (κ3) is 4.92. The van der Waals surface area contributed by atoms with Crippen molar-refractivity contribution in [1.82, 2.24) is 14.8 Å². The van der Waals surface area contributed by atoms with Gasteiger partial charge in [-0.1, -0.05) is 12.1 Å². The van der Waals surface area contributed by atoms with E-state index in [0.717, 1.165) is 16.9 Å². The van der Waals surface area contributed by atoms with E-state index in [0.29, 0.717) is 17.9 Å². The van der Waals surface area contributed by atoms with Crippen LogP contribution in [0, 0.1) is 11.3 Å². The summed E-state index contributed by atoms with van der Waals surface area (Å²) in [6.45, 7) is 0.466. The van der Waals surface area contributed by atoms with Gasteiger partial charge in [-0.05, 0) is 29.8 Å². The molecule has 0 saturated heterocycles. The molecule has 27 heavy (non-hydrogen) atoms. The summed E-state index contributed by atoms with van der Waals surface area (Å²) in [6, 6.07) is 15.2. The Bertz CT molecular complexity index is 951. The summed E-state index contributed by atoms with van der Waals surface area (Å²) in [5.41, 5.74) is 3.34. The van der Waals surface area contributed by atoms with Crippen molar-refractivity contribution < 1.29 is 4.79 Å². The van der Waals surface area contributed by atoms with Crippen LogP contribution in [0.15, 0.2) is 54.9 Å². The van der Waals surface area contributed by atoms with Gasteiger partial charge in [-0.2, -0.15) is 10.4 Å². The van der Waals surface area contributed by atoms with Gasteiger partial charge in [0.15, 0.2) is 5.82 Å². The fourth-order valence-corrected chi connectivity index (χ4v) is 2.55. The van der Waals surface area contributed by atoms with Crippen molar-refractivity contribution in [1.29, 1.82) is 5.26 Å². The highest BCUT2D eigenvalue weighted by Crippen LogP contribution is 2.13. The molecule has 7 heteroatoms. The van der Waals surface area contributed by atoms with Crippen molar-refractivity contribution in [2.45, 2.75) is 13.0 Å². The first kappa shape index (κ1) is 18.1. The quantitative estimate of drug-likeness (QED) is 0.730. The van der Waals surface area contributed by atoms with Gasteiger partial charge in [0, 0.05) is 38.2 Å². The molecule has 0 unspecified atom stereocenters. The lowest BCUT2D eigenvalue weighted by Crippen LogP contribution is -2.15. The fourth-order valence-electron chi connectivity index (χ4n) is 2.55. The van der Waals surface area contributed by atoms with Crippen molar-refractivity contribution in [3.05, 3.63) is 71.7 Å². The van der Waals surface area contributed by atoms with E-state index < -0.39 is 0 Å². The van der Waals surface area contributed by atoms with Crippen LogP contribution < -0.4 is 10.2 Å². The highest BCUT2D eigenvalue weighted by molar-refractivity contribution is 5.91. The van der Waals surface area contributed by atoms with Gasteiger partial charge in [-0.3, -0.25) is 14.5 Å². The number of hydrogen-bond acceptors (Lipinski definition) is 5. The number of nitriles is 1. The molecule has 1 aromatic carbocycles. The minimum Gasteiger partial charge on any atom is -0.378 e. The van der Waals surface area contributed by atoms with E-state index in [1.165, 1.54) is 6.20 Å². The summed E-state index contributed by atoms with van der Waals surface area (Å²) in [7, 11) is 3.96. The lowest BCUT2D eigenvalue weighted by molar-refractivity contribution is -0.115. The summed E-state index contributed by atoms with van der Waals surface area (Å²) in [6.07, 6.45) is 3.60. The molecule has 2 aromatic heterocycles. The summed E-state index contributed by atoms with van der Waals surface area (Å²) in [5.74, 6) is 0.382. The van der Waals surface area contributed by atoms with Crippen LogP contribution in [0.5, 0.6) is 0 Å². The normalized spacial score (nSPS) is 10.3. The van der Waals surface area contributed by atoms with Crippen LogP contribution in [0.4, 0.5) is 11.5 Å². The van der Waals surface area contributed by atoms with Crippen LogP contribution in [0.2, 0.25) is 0 Å². The SMILES string of the molecule is CN(C)c1ccc(CC(=O)Nc2ccn(Cc3ccc(C#N)cn3)n2)cc1. The van der Waals surface area contributed by atoms with Crippen molar-refractivity contribution in [2.24, 2.45) is 0 Å². The smallest absolute Gasteiger partial charge is 0.229 e. The Balaban J connectivity index is 1.56. The van der Waals surface area contributed by atoms with Gasteiger partial charge in [0.05, 0.1) is 24.2 Å². The Morgan fingerprint density at radius 1 is 1.19 bits per heavy atom. The number of carbonyl (C=O) groups excluding carboxylic acids is 1. The highest BCUT2D eigenvalue weighted by Gasteiger charge is 2.07. The number of anilines is 2. The van der Waals surface area contributed by atoms with Gasteiger partial charge in [-0.25, -0.2) is 0 Å². The summed E-state index contributed by atoms with van der Waals surface area (Å²) < 4.78 is 1.69. The van der Waals surface area contributed by atoms with Crippen molar-refractivity contribution in [3.63, 3.8) is 0 Å². The van der Waals surface area contributed by atoms with Crippen LogP contribution in [0.1, 0.15) is 16.8 Å². The molecular formula is C20H20N6O. The number of nitrogens with one attached hydrogen (secondary N) is 1. The molecule has 136 valence electrons. The van der Waals surface area contributed by atoms with E-state index in [1.807, 2.05) is 49.3 Å². The number of carbonyl (C=O) groups is 1. The molecule has 0 aliphatic rings. The monoisotopic (exact) mass is 360 g/mol. The third-order valence-corrected chi connectivity index (χ3v) is 4.00. The lowest BCUT2D eigenvalue weighted by atomic mass is 10.1. The average molecular weight is 360 g/mol. The first-order chi connectivity index (χ1) is 13.0. The standard InChI is InChI=1S/C20H20N6O/c1-25(2)18-7-4-15(5-8-18)11-20(27)23-19-9-10-26(24-19)14-17-6-3-16(12-21)13-22-17/h3-10,13H,11,14H2,1-2H3,(H,23,24,27). The average Bonchev–Trinajstić information content (AvgIpc) is 3.09. The van der Waals surface area contributed by atoms with E-state index in [4.69, 9.17) is 5.26 Å². The van der Waals surface area contributed by atoms with Crippen LogP contribution in [-0.4, -0.2) is 34.8 Å². The van der Waals surface area contributed by atoms with Gasteiger partial charge in [0.2, 0.25) is 5.91 Å². The molecule has 3 rings (SSSR count). The number of amides is 1. The largest absolute Gasteiger partial charge is 0.378 e.